The summed E-state index contributed by atoms with van der Waals surface area (Å²) < 4.78 is 0. The van der Waals surface area contributed by atoms with Gasteiger partial charge in [-0.05, 0) is 31.4 Å². The highest BCUT2D eigenvalue weighted by atomic mass is 16.2. The van der Waals surface area contributed by atoms with Gasteiger partial charge in [0.15, 0.2) is 0 Å². The zero-order valence-corrected chi connectivity index (χ0v) is 15.1. The Morgan fingerprint density at radius 1 is 1.17 bits per heavy atom. The lowest BCUT2D eigenvalue weighted by atomic mass is 10.0. The molecule has 0 spiro atoms. The molecule has 0 unspecified atom stereocenters. The first-order chi connectivity index (χ1) is 11.5. The number of para-hydroxylation sites is 2. The molecular weight excluding hydrogens is 300 g/mol. The van der Waals surface area contributed by atoms with Crippen LogP contribution < -0.4 is 5.32 Å². The van der Waals surface area contributed by atoms with E-state index in [-0.39, 0.29) is 12.1 Å². The van der Waals surface area contributed by atoms with E-state index in [9.17, 15) is 4.79 Å². The molecule has 5 heteroatoms. The number of benzene rings is 1. The highest BCUT2D eigenvalue weighted by molar-refractivity contribution is 5.75. The number of nitrogens with zero attached hydrogens (tertiary/aromatic N) is 3. The van der Waals surface area contributed by atoms with Gasteiger partial charge in [0.05, 0.1) is 29.5 Å². The van der Waals surface area contributed by atoms with Crippen LogP contribution in [0.5, 0.6) is 0 Å². The van der Waals surface area contributed by atoms with Crippen molar-refractivity contribution in [1.29, 1.82) is 0 Å². The second-order valence-electron chi connectivity index (χ2n) is 6.88. The van der Waals surface area contributed by atoms with Gasteiger partial charge in [-0.15, -0.1) is 0 Å². The fourth-order valence-electron chi connectivity index (χ4n) is 2.61. The largest absolute Gasteiger partial charge is 0.336 e. The number of aromatic nitrogens is 2. The van der Waals surface area contributed by atoms with Crippen LogP contribution in [0.25, 0.3) is 11.0 Å². The second-order valence-corrected chi connectivity index (χ2v) is 6.88. The SMILES string of the molecule is CC(C)CCC[C@@H](C)NC(=O)N(C)Cc1cnc2ccccc2n1. The van der Waals surface area contributed by atoms with Gasteiger partial charge in [-0.2, -0.15) is 0 Å². The molecule has 0 fully saturated rings. The Kier molecular flexibility index (Phi) is 6.53. The lowest BCUT2D eigenvalue weighted by Gasteiger charge is -2.21. The molecule has 2 aromatic rings. The topological polar surface area (TPSA) is 58.1 Å². The predicted molar refractivity (Wildman–Crippen MR) is 97.7 cm³/mol. The molecule has 0 radical (unpaired) electrons. The zero-order valence-electron chi connectivity index (χ0n) is 15.1. The van der Waals surface area contributed by atoms with Crippen LogP contribution in [0.1, 0.15) is 45.7 Å². The van der Waals surface area contributed by atoms with Gasteiger partial charge < -0.3 is 10.2 Å². The molecule has 1 heterocycles. The molecule has 0 saturated carbocycles. The van der Waals surface area contributed by atoms with Crippen molar-refractivity contribution in [3.05, 3.63) is 36.2 Å². The molecule has 0 saturated heterocycles. The molecule has 1 N–H and O–H groups in total. The van der Waals surface area contributed by atoms with Crippen molar-refractivity contribution >= 4 is 17.1 Å². The normalized spacial score (nSPS) is 12.4. The Morgan fingerprint density at radius 2 is 1.88 bits per heavy atom. The van der Waals surface area contributed by atoms with Crippen LogP contribution in [-0.4, -0.2) is 34.0 Å². The molecule has 0 bridgehead atoms. The summed E-state index contributed by atoms with van der Waals surface area (Å²) in [4.78, 5) is 22.9. The lowest BCUT2D eigenvalue weighted by Crippen LogP contribution is -2.41. The fourth-order valence-corrected chi connectivity index (χ4v) is 2.61. The van der Waals surface area contributed by atoms with Crippen LogP contribution in [0.4, 0.5) is 4.79 Å². The van der Waals surface area contributed by atoms with Crippen molar-refractivity contribution < 1.29 is 4.79 Å². The molecule has 24 heavy (non-hydrogen) atoms. The summed E-state index contributed by atoms with van der Waals surface area (Å²) >= 11 is 0. The van der Waals surface area contributed by atoms with Gasteiger partial charge in [-0.3, -0.25) is 4.98 Å². The van der Waals surface area contributed by atoms with Gasteiger partial charge in [0.1, 0.15) is 0 Å². The van der Waals surface area contributed by atoms with Crippen LogP contribution >= 0.6 is 0 Å². The van der Waals surface area contributed by atoms with Crippen molar-refractivity contribution in [3.63, 3.8) is 0 Å². The van der Waals surface area contributed by atoms with Crippen molar-refractivity contribution in [1.82, 2.24) is 20.2 Å². The van der Waals surface area contributed by atoms with Gasteiger partial charge in [0.25, 0.3) is 0 Å². The average molecular weight is 328 g/mol. The molecule has 0 aliphatic rings. The van der Waals surface area contributed by atoms with Crippen molar-refractivity contribution in [3.8, 4) is 0 Å². The summed E-state index contributed by atoms with van der Waals surface area (Å²) in [6.07, 6.45) is 5.08. The molecule has 1 atom stereocenters. The summed E-state index contributed by atoms with van der Waals surface area (Å²) in [5.74, 6) is 0.710. The van der Waals surface area contributed by atoms with Crippen LogP contribution in [0.3, 0.4) is 0 Å². The Hall–Kier alpha value is -2.17. The molecule has 1 aromatic heterocycles. The highest BCUT2D eigenvalue weighted by Crippen LogP contribution is 2.11. The quantitative estimate of drug-likeness (QED) is 0.836. The minimum absolute atomic E-state index is 0.0676. The first-order valence-electron chi connectivity index (χ1n) is 8.68. The summed E-state index contributed by atoms with van der Waals surface area (Å²) in [6.45, 7) is 6.95. The van der Waals surface area contributed by atoms with Crippen LogP contribution in [0.15, 0.2) is 30.5 Å². The van der Waals surface area contributed by atoms with Gasteiger partial charge in [-0.25, -0.2) is 9.78 Å². The Balaban J connectivity index is 1.85. The van der Waals surface area contributed by atoms with E-state index in [0.717, 1.165) is 29.6 Å². The van der Waals surface area contributed by atoms with E-state index in [1.54, 1.807) is 18.1 Å². The molecule has 5 nitrogen and oxygen atoms in total. The summed E-state index contributed by atoms with van der Waals surface area (Å²) in [5, 5.41) is 3.05. The highest BCUT2D eigenvalue weighted by Gasteiger charge is 2.13. The maximum Gasteiger partial charge on any atom is 0.317 e. The number of hydrogen-bond acceptors (Lipinski definition) is 3. The van der Waals surface area contributed by atoms with Crippen LogP contribution in [0, 0.1) is 5.92 Å². The summed E-state index contributed by atoms with van der Waals surface area (Å²) in [7, 11) is 1.78. The van der Waals surface area contributed by atoms with E-state index in [2.05, 4.69) is 36.1 Å². The van der Waals surface area contributed by atoms with Crippen molar-refractivity contribution in [2.45, 2.75) is 52.6 Å². The van der Waals surface area contributed by atoms with E-state index in [0.29, 0.717) is 12.5 Å². The van der Waals surface area contributed by atoms with Gasteiger partial charge in [-0.1, -0.05) is 38.8 Å². The smallest absolute Gasteiger partial charge is 0.317 e. The Morgan fingerprint density at radius 3 is 2.58 bits per heavy atom. The number of hydrogen-bond donors (Lipinski definition) is 1. The molecule has 2 rings (SSSR count). The van der Waals surface area contributed by atoms with E-state index in [4.69, 9.17) is 0 Å². The first kappa shape index (κ1) is 18.2. The third kappa shape index (κ3) is 5.48. The minimum atomic E-state index is -0.0676. The maximum absolute atomic E-state index is 12.3. The number of urea groups is 1. The summed E-state index contributed by atoms with van der Waals surface area (Å²) in [6, 6.07) is 7.86. The van der Waals surface area contributed by atoms with E-state index in [1.165, 1.54) is 6.42 Å². The molecule has 2 amide bonds. The summed E-state index contributed by atoms with van der Waals surface area (Å²) in [5.41, 5.74) is 2.51. The lowest BCUT2D eigenvalue weighted by molar-refractivity contribution is 0.202. The molecular formula is C19H28N4O. The number of amides is 2. The maximum atomic E-state index is 12.3. The van der Waals surface area contributed by atoms with Crippen LogP contribution in [-0.2, 0) is 6.54 Å². The molecule has 0 aliphatic carbocycles. The predicted octanol–water partition coefficient (Wildman–Crippen LogP) is 3.99. The molecule has 0 aliphatic heterocycles. The standard InChI is InChI=1S/C19H28N4O/c1-14(2)8-7-9-15(3)21-19(24)23(4)13-16-12-20-17-10-5-6-11-18(17)22-16/h5-6,10-12,14-15H,7-9,13H2,1-4H3,(H,21,24)/t15-/m1/s1. The third-order valence-electron chi connectivity index (χ3n) is 4.03. The monoisotopic (exact) mass is 328 g/mol. The second kappa shape index (κ2) is 8.62. The third-order valence-corrected chi connectivity index (χ3v) is 4.03. The number of nitrogens with one attached hydrogen (secondary N) is 1. The minimum Gasteiger partial charge on any atom is -0.336 e. The van der Waals surface area contributed by atoms with Gasteiger partial charge in [0, 0.05) is 13.1 Å². The Bertz CT molecular complexity index is 671. The van der Waals surface area contributed by atoms with Gasteiger partial charge >= 0.3 is 6.03 Å². The number of carbonyl (C=O) groups is 1. The van der Waals surface area contributed by atoms with Crippen molar-refractivity contribution in [2.24, 2.45) is 5.92 Å². The van der Waals surface area contributed by atoms with Crippen molar-refractivity contribution in [2.75, 3.05) is 7.05 Å². The molecule has 1 aromatic carbocycles. The molecule has 130 valence electrons. The van der Waals surface area contributed by atoms with E-state index >= 15 is 0 Å². The van der Waals surface area contributed by atoms with Crippen LogP contribution in [0.2, 0.25) is 0 Å². The fraction of sp³-hybridized carbons (Fsp3) is 0.526. The Labute approximate surface area is 144 Å². The number of fused-ring (bicyclic) bond motifs is 1. The number of rotatable bonds is 7. The van der Waals surface area contributed by atoms with E-state index in [1.807, 2.05) is 24.3 Å². The zero-order chi connectivity index (χ0) is 17.5. The first-order valence-corrected chi connectivity index (χ1v) is 8.68. The van der Waals surface area contributed by atoms with E-state index < -0.39 is 0 Å². The average Bonchev–Trinajstić information content (AvgIpc) is 2.54. The number of carbonyl (C=O) groups excluding carboxylic acids is 1. The van der Waals surface area contributed by atoms with Gasteiger partial charge in [0.2, 0.25) is 0 Å².